The zero-order chi connectivity index (χ0) is 8.36. The molecule has 10 heavy (non-hydrogen) atoms. The predicted octanol–water partition coefficient (Wildman–Crippen LogP) is 1.08. The van der Waals surface area contributed by atoms with Crippen LogP contribution >= 0.6 is 22.6 Å². The summed E-state index contributed by atoms with van der Waals surface area (Å²) in [4.78, 5) is 0. The van der Waals surface area contributed by atoms with Crippen LogP contribution < -0.4 is 0 Å². The van der Waals surface area contributed by atoms with Gasteiger partial charge in [0, 0.05) is 3.58 Å². The van der Waals surface area contributed by atoms with Gasteiger partial charge in [-0.05, 0) is 28.4 Å². The van der Waals surface area contributed by atoms with Gasteiger partial charge in [0.15, 0.2) is 0 Å². The van der Waals surface area contributed by atoms with Gasteiger partial charge in [0.2, 0.25) is 0 Å². The molecule has 0 aromatic heterocycles. The van der Waals surface area contributed by atoms with Crippen molar-refractivity contribution in [3.05, 3.63) is 10.2 Å². The van der Waals surface area contributed by atoms with E-state index in [1.807, 2.05) is 22.6 Å². The van der Waals surface area contributed by atoms with Crippen LogP contribution in [-0.4, -0.2) is 25.2 Å². The largest absolute Gasteiger partial charge is 0.382 e. The van der Waals surface area contributed by atoms with Crippen molar-refractivity contribution < 1.29 is 9.50 Å². The van der Waals surface area contributed by atoms with Gasteiger partial charge in [-0.1, -0.05) is 13.5 Å². The zero-order valence-electron chi connectivity index (χ0n) is 6.19. The maximum absolute atomic E-state index is 12.2. The van der Waals surface area contributed by atoms with Crippen molar-refractivity contribution in [3.63, 3.8) is 0 Å². The highest BCUT2D eigenvalue weighted by atomic mass is 127. The topological polar surface area (TPSA) is 20.2 Å². The van der Waals surface area contributed by atoms with Crippen molar-refractivity contribution in [2.45, 2.75) is 18.3 Å². The third-order valence-electron chi connectivity index (χ3n) is 1.63. The summed E-state index contributed by atoms with van der Waals surface area (Å²) in [6, 6.07) is 0. The third kappa shape index (κ3) is 1.95. The Bertz CT molecular complexity index is 140. The van der Waals surface area contributed by atoms with Gasteiger partial charge in [-0.3, -0.25) is 0 Å². The molecular formula is C6H11BFIO. The molecule has 1 nitrogen and oxygen atoms in total. The van der Waals surface area contributed by atoms with Gasteiger partial charge in [-0.15, -0.1) is 0 Å². The lowest BCUT2D eigenvalue weighted by atomic mass is 9.75. The van der Waals surface area contributed by atoms with E-state index in [0.717, 1.165) is 0 Å². The molecule has 0 fully saturated rings. The van der Waals surface area contributed by atoms with E-state index in [-0.39, 0.29) is 5.82 Å². The first-order chi connectivity index (χ1) is 4.45. The van der Waals surface area contributed by atoms with Crippen LogP contribution in [0.2, 0.25) is 5.82 Å². The van der Waals surface area contributed by atoms with Gasteiger partial charge in [0.05, 0.1) is 0 Å². The van der Waals surface area contributed by atoms with Gasteiger partial charge in [-0.25, -0.2) is 4.39 Å². The molecule has 2 atom stereocenters. The predicted molar refractivity (Wildman–Crippen MR) is 52.1 cm³/mol. The summed E-state index contributed by atoms with van der Waals surface area (Å²) < 4.78 is 12.7. The molecule has 0 spiro atoms. The van der Waals surface area contributed by atoms with Crippen molar-refractivity contribution in [3.8, 4) is 0 Å². The lowest BCUT2D eigenvalue weighted by Gasteiger charge is -2.28. The van der Waals surface area contributed by atoms with Crippen LogP contribution in [0.5, 0.6) is 0 Å². The second-order valence-electron chi connectivity index (χ2n) is 2.62. The molecule has 0 rings (SSSR count). The number of hydrogen-bond acceptors (Lipinski definition) is 1. The lowest BCUT2D eigenvalue weighted by Crippen LogP contribution is -2.35. The molecule has 1 unspecified atom stereocenters. The van der Waals surface area contributed by atoms with Crippen molar-refractivity contribution in [2.75, 3.05) is 6.67 Å². The Hall–Kier alpha value is 0.425. The quantitative estimate of drug-likeness (QED) is 0.591. The van der Waals surface area contributed by atoms with Crippen LogP contribution in [0.25, 0.3) is 0 Å². The number of aliphatic hydroxyl groups is 1. The Labute approximate surface area is 75.2 Å². The Morgan fingerprint density at radius 3 is 2.40 bits per heavy atom. The third-order valence-corrected chi connectivity index (χ3v) is 2.56. The summed E-state index contributed by atoms with van der Waals surface area (Å²) >= 11 is 1.85. The Morgan fingerprint density at radius 1 is 2.00 bits per heavy atom. The van der Waals surface area contributed by atoms with Crippen LogP contribution in [-0.2, 0) is 0 Å². The molecule has 0 amide bonds. The van der Waals surface area contributed by atoms with Crippen LogP contribution in [0, 0.1) is 0 Å². The van der Waals surface area contributed by atoms with Crippen molar-refractivity contribution in [1.82, 2.24) is 0 Å². The average Bonchev–Trinajstić information content (AvgIpc) is 1.85. The number of alkyl halides is 1. The molecule has 0 aliphatic carbocycles. The second-order valence-corrected chi connectivity index (χ2v) is 3.92. The highest BCUT2D eigenvalue weighted by molar-refractivity contribution is 14.1. The van der Waals surface area contributed by atoms with Gasteiger partial charge >= 0.3 is 0 Å². The van der Waals surface area contributed by atoms with E-state index < -0.39 is 12.3 Å². The van der Waals surface area contributed by atoms with Gasteiger partial charge in [0.25, 0.3) is 0 Å². The lowest BCUT2D eigenvalue weighted by molar-refractivity contribution is 0.0580. The van der Waals surface area contributed by atoms with E-state index in [1.54, 1.807) is 14.8 Å². The molecule has 0 aromatic carbocycles. The minimum atomic E-state index is -1.33. The SMILES string of the molecule is B[C@H](C)C(O)(CF)C(=C)I. The standard InChI is InChI=1S/C6H11BFIO/c1-4(7)6(10,3-8)5(2)9/h4,10H,2-3,7H2,1H3/t4-,6?/m1/s1. The fourth-order valence-corrected chi connectivity index (χ4v) is 1.31. The summed E-state index contributed by atoms with van der Waals surface area (Å²) in [5.41, 5.74) is -1.33. The number of hydrogen-bond donors (Lipinski definition) is 1. The second kappa shape index (κ2) is 3.71. The summed E-state index contributed by atoms with van der Waals surface area (Å²) in [6.45, 7) is 4.53. The van der Waals surface area contributed by atoms with Crippen LogP contribution in [0.15, 0.2) is 10.2 Å². The minimum absolute atomic E-state index is 0.123. The molecule has 0 saturated heterocycles. The Balaban J connectivity index is 4.38. The Morgan fingerprint density at radius 2 is 2.40 bits per heavy atom. The van der Waals surface area contributed by atoms with Gasteiger partial charge < -0.3 is 5.11 Å². The molecule has 0 heterocycles. The fraction of sp³-hybridized carbons (Fsp3) is 0.667. The van der Waals surface area contributed by atoms with E-state index in [4.69, 9.17) is 0 Å². The summed E-state index contributed by atoms with van der Waals surface area (Å²) in [6.07, 6.45) is 0. The van der Waals surface area contributed by atoms with E-state index >= 15 is 0 Å². The maximum atomic E-state index is 12.2. The van der Waals surface area contributed by atoms with Crippen LogP contribution in [0.3, 0.4) is 0 Å². The molecule has 4 heteroatoms. The van der Waals surface area contributed by atoms with Gasteiger partial charge in [-0.2, -0.15) is 0 Å². The molecular weight excluding hydrogens is 245 g/mol. The molecule has 58 valence electrons. The highest BCUT2D eigenvalue weighted by Gasteiger charge is 2.32. The smallest absolute Gasteiger partial charge is 0.122 e. The first-order valence-corrected chi connectivity index (χ1v) is 4.16. The van der Waals surface area contributed by atoms with E-state index in [0.29, 0.717) is 3.58 Å². The zero-order valence-corrected chi connectivity index (χ0v) is 8.35. The molecule has 0 bridgehead atoms. The normalized spacial score (nSPS) is 19.6. The maximum Gasteiger partial charge on any atom is 0.122 e. The number of halogens is 2. The molecule has 0 aliphatic heterocycles. The van der Waals surface area contributed by atoms with E-state index in [1.165, 1.54) is 0 Å². The van der Waals surface area contributed by atoms with E-state index in [9.17, 15) is 9.50 Å². The molecule has 1 N–H and O–H groups in total. The minimum Gasteiger partial charge on any atom is -0.382 e. The summed E-state index contributed by atoms with van der Waals surface area (Å²) in [5, 5.41) is 9.49. The van der Waals surface area contributed by atoms with Crippen LogP contribution in [0.1, 0.15) is 6.92 Å². The molecule has 0 radical (unpaired) electrons. The summed E-state index contributed by atoms with van der Waals surface area (Å²) in [7, 11) is 1.77. The highest BCUT2D eigenvalue weighted by Crippen LogP contribution is 2.31. The van der Waals surface area contributed by atoms with Crippen LogP contribution in [0.4, 0.5) is 4.39 Å². The fourth-order valence-electron chi connectivity index (χ4n) is 0.540. The van der Waals surface area contributed by atoms with Gasteiger partial charge in [0.1, 0.15) is 20.1 Å². The van der Waals surface area contributed by atoms with Crippen molar-refractivity contribution in [1.29, 1.82) is 0 Å². The van der Waals surface area contributed by atoms with Crippen molar-refractivity contribution >= 4 is 30.4 Å². The molecule has 0 aliphatic rings. The average molecular weight is 256 g/mol. The first kappa shape index (κ1) is 10.4. The van der Waals surface area contributed by atoms with E-state index in [2.05, 4.69) is 6.58 Å². The molecule has 0 saturated carbocycles. The first-order valence-electron chi connectivity index (χ1n) is 3.08. The monoisotopic (exact) mass is 256 g/mol. The van der Waals surface area contributed by atoms with Crippen molar-refractivity contribution in [2.24, 2.45) is 0 Å². The number of rotatable bonds is 3. The Kier molecular flexibility index (Phi) is 3.87. The molecule has 0 aromatic rings. The summed E-state index contributed by atoms with van der Waals surface area (Å²) in [5.74, 6) is -0.123.